The van der Waals surface area contributed by atoms with Crippen LogP contribution in [0, 0.1) is 19.8 Å². The molecule has 0 spiro atoms. The molecule has 4 rings (SSSR count). The van der Waals surface area contributed by atoms with Gasteiger partial charge in [-0.3, -0.25) is 19.5 Å². The average Bonchev–Trinajstić information content (AvgIpc) is 2.69. The molecule has 1 fully saturated rings. The van der Waals surface area contributed by atoms with Crippen molar-refractivity contribution in [2.45, 2.75) is 20.3 Å². The summed E-state index contributed by atoms with van der Waals surface area (Å²) in [5.41, 5.74) is 4.57. The van der Waals surface area contributed by atoms with Gasteiger partial charge in [0.15, 0.2) is 5.78 Å². The maximum Gasteiger partial charge on any atom is 0.238 e. The van der Waals surface area contributed by atoms with Gasteiger partial charge in [0.05, 0.1) is 18.2 Å². The first-order valence-corrected chi connectivity index (χ1v) is 10.3. The number of fused-ring (bicyclic) bond motifs is 2. The summed E-state index contributed by atoms with van der Waals surface area (Å²) in [6, 6.07) is 8.92. The Morgan fingerprint density at radius 1 is 1.17 bits per heavy atom. The van der Waals surface area contributed by atoms with E-state index >= 15 is 0 Å². The van der Waals surface area contributed by atoms with Gasteiger partial charge in [-0.25, -0.2) is 0 Å². The van der Waals surface area contributed by atoms with E-state index in [1.807, 2.05) is 24.8 Å². The number of nitrogens with one attached hydrogen (secondary N) is 1. The molecule has 1 saturated heterocycles. The standard InChI is InChI=1S/C22H21Cl2N3O2/c1-12-16(23)4-3-5-18(12)25-20(28)11-27-9-8-19-15(10-27)22(29)14-6-7-17(24)13(2)21(14)26-19/h3-7,15H,8-11H2,1-2H3,(H,25,28). The monoisotopic (exact) mass is 429 g/mol. The van der Waals surface area contributed by atoms with Crippen molar-refractivity contribution in [3.63, 3.8) is 0 Å². The molecular formula is C22H21Cl2N3O2. The molecule has 2 aromatic rings. The Labute approximate surface area is 179 Å². The van der Waals surface area contributed by atoms with Crippen LogP contribution in [0.4, 0.5) is 11.4 Å². The number of rotatable bonds is 3. The minimum Gasteiger partial charge on any atom is -0.325 e. The summed E-state index contributed by atoms with van der Waals surface area (Å²) in [6.45, 7) is 5.14. The summed E-state index contributed by atoms with van der Waals surface area (Å²) in [6.07, 6.45) is 0.658. The maximum atomic E-state index is 13.1. The molecule has 2 heterocycles. The molecule has 150 valence electrons. The van der Waals surface area contributed by atoms with Crippen LogP contribution in [-0.4, -0.2) is 41.9 Å². The van der Waals surface area contributed by atoms with E-state index < -0.39 is 0 Å². The van der Waals surface area contributed by atoms with Gasteiger partial charge in [0, 0.05) is 40.1 Å². The van der Waals surface area contributed by atoms with Gasteiger partial charge in [0.2, 0.25) is 5.91 Å². The van der Waals surface area contributed by atoms with Crippen LogP contribution >= 0.6 is 23.2 Å². The van der Waals surface area contributed by atoms with Crippen LogP contribution in [0.15, 0.2) is 35.3 Å². The number of piperidine rings is 1. The van der Waals surface area contributed by atoms with Crippen molar-refractivity contribution in [3.8, 4) is 0 Å². The molecule has 0 radical (unpaired) electrons. The van der Waals surface area contributed by atoms with Gasteiger partial charge < -0.3 is 5.32 Å². The summed E-state index contributed by atoms with van der Waals surface area (Å²) in [5, 5.41) is 4.15. The van der Waals surface area contributed by atoms with E-state index in [1.165, 1.54) is 0 Å². The highest BCUT2D eigenvalue weighted by atomic mass is 35.5. The van der Waals surface area contributed by atoms with Crippen molar-refractivity contribution in [2.24, 2.45) is 10.9 Å². The van der Waals surface area contributed by atoms with Gasteiger partial charge in [-0.15, -0.1) is 0 Å². The lowest BCUT2D eigenvalue weighted by Crippen LogP contribution is -2.47. The Morgan fingerprint density at radius 2 is 1.93 bits per heavy atom. The fourth-order valence-electron chi connectivity index (χ4n) is 3.90. The molecule has 0 aromatic heterocycles. The lowest BCUT2D eigenvalue weighted by molar-refractivity contribution is -0.117. The molecule has 2 aliphatic rings. The Morgan fingerprint density at radius 3 is 2.72 bits per heavy atom. The van der Waals surface area contributed by atoms with Gasteiger partial charge in [-0.2, -0.15) is 0 Å². The number of aliphatic imine (C=N–C) groups is 1. The van der Waals surface area contributed by atoms with E-state index in [-0.39, 0.29) is 24.2 Å². The summed E-state index contributed by atoms with van der Waals surface area (Å²) < 4.78 is 0. The number of hydrogen-bond acceptors (Lipinski definition) is 4. The summed E-state index contributed by atoms with van der Waals surface area (Å²) in [5.74, 6) is -0.375. The molecular weight excluding hydrogens is 409 g/mol. The summed E-state index contributed by atoms with van der Waals surface area (Å²) >= 11 is 12.3. The lowest BCUT2D eigenvalue weighted by Gasteiger charge is -2.35. The second-order valence-corrected chi connectivity index (χ2v) is 8.35. The highest BCUT2D eigenvalue weighted by Gasteiger charge is 2.36. The highest BCUT2D eigenvalue weighted by molar-refractivity contribution is 6.32. The van der Waals surface area contributed by atoms with Crippen molar-refractivity contribution in [3.05, 3.63) is 57.1 Å². The van der Waals surface area contributed by atoms with Gasteiger partial charge in [0.25, 0.3) is 0 Å². The Kier molecular flexibility index (Phi) is 5.47. The molecule has 1 N–H and O–H groups in total. The first kappa shape index (κ1) is 20.1. The number of amides is 1. The zero-order chi connectivity index (χ0) is 20.7. The molecule has 7 heteroatoms. The van der Waals surface area contributed by atoms with Crippen LogP contribution in [0.3, 0.4) is 0 Å². The number of carbonyl (C=O) groups is 2. The largest absolute Gasteiger partial charge is 0.325 e. The van der Waals surface area contributed by atoms with Crippen molar-refractivity contribution in [1.29, 1.82) is 0 Å². The number of nitrogens with zero attached hydrogens (tertiary/aromatic N) is 2. The second-order valence-electron chi connectivity index (χ2n) is 7.53. The molecule has 2 aliphatic heterocycles. The Balaban J connectivity index is 1.47. The highest BCUT2D eigenvalue weighted by Crippen LogP contribution is 2.37. The predicted molar refractivity (Wildman–Crippen MR) is 117 cm³/mol. The van der Waals surface area contributed by atoms with E-state index in [2.05, 4.69) is 5.32 Å². The number of carbonyl (C=O) groups excluding carboxylic acids is 2. The Hall–Kier alpha value is -2.21. The maximum absolute atomic E-state index is 13.1. The Bertz CT molecular complexity index is 1050. The minimum atomic E-state index is -0.308. The predicted octanol–water partition coefficient (Wildman–Crippen LogP) is 4.84. The van der Waals surface area contributed by atoms with Gasteiger partial charge in [-0.1, -0.05) is 29.3 Å². The van der Waals surface area contributed by atoms with Crippen LogP contribution in [0.25, 0.3) is 0 Å². The van der Waals surface area contributed by atoms with Crippen LogP contribution in [-0.2, 0) is 4.79 Å². The first-order valence-electron chi connectivity index (χ1n) is 9.53. The molecule has 0 aliphatic carbocycles. The van der Waals surface area contributed by atoms with E-state index in [0.717, 1.165) is 16.8 Å². The molecule has 2 aromatic carbocycles. The lowest BCUT2D eigenvalue weighted by atomic mass is 9.84. The fraction of sp³-hybridized carbons (Fsp3) is 0.318. The third-order valence-electron chi connectivity index (χ3n) is 5.64. The number of likely N-dealkylation sites (tertiary alicyclic amines) is 1. The minimum absolute atomic E-state index is 0.0561. The normalized spacial score (nSPS) is 18.7. The van der Waals surface area contributed by atoms with Crippen LogP contribution < -0.4 is 5.32 Å². The summed E-state index contributed by atoms with van der Waals surface area (Å²) in [4.78, 5) is 32.3. The number of ketones is 1. The second kappa shape index (κ2) is 7.90. The van der Waals surface area contributed by atoms with Crippen molar-refractivity contribution < 1.29 is 9.59 Å². The van der Waals surface area contributed by atoms with Gasteiger partial charge in [-0.05, 0) is 55.7 Å². The van der Waals surface area contributed by atoms with Gasteiger partial charge >= 0.3 is 0 Å². The molecule has 1 unspecified atom stereocenters. The molecule has 0 bridgehead atoms. The average molecular weight is 430 g/mol. The summed E-state index contributed by atoms with van der Waals surface area (Å²) in [7, 11) is 0. The van der Waals surface area contributed by atoms with E-state index in [0.29, 0.717) is 46.5 Å². The van der Waals surface area contributed by atoms with Crippen molar-refractivity contribution in [1.82, 2.24) is 4.90 Å². The number of anilines is 1. The first-order chi connectivity index (χ1) is 13.8. The van der Waals surface area contributed by atoms with Crippen LogP contribution in [0.2, 0.25) is 10.0 Å². The van der Waals surface area contributed by atoms with E-state index in [1.54, 1.807) is 24.3 Å². The number of hydrogen-bond donors (Lipinski definition) is 1. The zero-order valence-corrected chi connectivity index (χ0v) is 17.8. The van der Waals surface area contributed by atoms with Gasteiger partial charge in [0.1, 0.15) is 0 Å². The topological polar surface area (TPSA) is 61.8 Å². The van der Waals surface area contributed by atoms with Crippen LogP contribution in [0.1, 0.15) is 27.9 Å². The van der Waals surface area contributed by atoms with Crippen molar-refractivity contribution in [2.75, 3.05) is 25.0 Å². The van der Waals surface area contributed by atoms with E-state index in [9.17, 15) is 9.59 Å². The molecule has 1 atom stereocenters. The number of halogens is 2. The fourth-order valence-corrected chi connectivity index (χ4v) is 4.23. The molecule has 0 saturated carbocycles. The molecule has 5 nitrogen and oxygen atoms in total. The zero-order valence-electron chi connectivity index (χ0n) is 16.3. The quantitative estimate of drug-likeness (QED) is 0.758. The molecule has 1 amide bonds. The molecule has 29 heavy (non-hydrogen) atoms. The van der Waals surface area contributed by atoms with Crippen molar-refractivity contribution >= 4 is 52.0 Å². The van der Waals surface area contributed by atoms with Crippen LogP contribution in [0.5, 0.6) is 0 Å². The SMILES string of the molecule is Cc1c(Cl)cccc1NC(=O)CN1CCC2=Nc3c(ccc(Cl)c3C)C(=O)C2C1. The third kappa shape index (κ3) is 3.82. The van der Waals surface area contributed by atoms with E-state index in [4.69, 9.17) is 28.2 Å². The smallest absolute Gasteiger partial charge is 0.238 e. The number of Topliss-reactive ketones (excluding diaryl/α,β-unsaturated/α-hetero) is 1. The third-order valence-corrected chi connectivity index (χ3v) is 6.46. The number of benzene rings is 2.